The maximum Gasteiger partial charge on any atom is 0.313 e. The summed E-state index contributed by atoms with van der Waals surface area (Å²) in [6.07, 6.45) is 2.20. The Labute approximate surface area is 193 Å². The highest BCUT2D eigenvalue weighted by atomic mass is 19.1. The van der Waals surface area contributed by atoms with Gasteiger partial charge in [0.05, 0.1) is 23.2 Å². The fraction of sp³-hybridized carbons (Fsp3) is 0.308. The van der Waals surface area contributed by atoms with E-state index >= 15 is 0 Å². The van der Waals surface area contributed by atoms with Gasteiger partial charge in [-0.2, -0.15) is 0 Å². The maximum atomic E-state index is 14.5. The molecule has 2 aromatic carbocycles. The van der Waals surface area contributed by atoms with Crippen molar-refractivity contribution in [1.82, 2.24) is 10.3 Å². The van der Waals surface area contributed by atoms with Gasteiger partial charge in [0.1, 0.15) is 11.6 Å². The molecule has 0 fully saturated rings. The summed E-state index contributed by atoms with van der Waals surface area (Å²) in [6, 6.07) is 18.6. The first kappa shape index (κ1) is 22.7. The Morgan fingerprint density at radius 3 is 2.76 bits per heavy atom. The average Bonchev–Trinajstić information content (AvgIpc) is 2.83. The normalized spacial score (nSPS) is 16.3. The minimum Gasteiger partial charge on any atom is -0.481 e. The van der Waals surface area contributed by atoms with Crippen molar-refractivity contribution in [3.05, 3.63) is 89.4 Å². The third-order valence-electron chi connectivity index (χ3n) is 6.26. The number of carboxylic acids is 1. The van der Waals surface area contributed by atoms with Crippen LogP contribution >= 0.6 is 0 Å². The van der Waals surface area contributed by atoms with E-state index < -0.39 is 11.4 Å². The van der Waals surface area contributed by atoms with Crippen molar-refractivity contribution in [2.75, 3.05) is 23.7 Å². The Balaban J connectivity index is 1.50. The zero-order valence-electron chi connectivity index (χ0n) is 18.8. The first-order valence-corrected chi connectivity index (χ1v) is 11.1. The Kier molecular flexibility index (Phi) is 6.60. The lowest BCUT2D eigenvalue weighted by molar-refractivity contribution is -0.142. The fourth-order valence-electron chi connectivity index (χ4n) is 4.10. The fourth-order valence-corrected chi connectivity index (χ4v) is 4.10. The summed E-state index contributed by atoms with van der Waals surface area (Å²) < 4.78 is 14.5. The van der Waals surface area contributed by atoms with Gasteiger partial charge in [0, 0.05) is 12.7 Å². The Hall–Kier alpha value is -3.45. The SMILES string of the molecule is CC(C)(C(=O)O)c1ccc(F)c(CCN[C@H](c2ccccc2)[C@H]2CNc3cccnc3N2)c1. The van der Waals surface area contributed by atoms with Gasteiger partial charge in [0.15, 0.2) is 0 Å². The highest BCUT2D eigenvalue weighted by Gasteiger charge is 2.30. The van der Waals surface area contributed by atoms with E-state index in [9.17, 15) is 14.3 Å². The standard InChI is InChI=1S/C26H29FN4O2/c1-26(2,25(32)33)19-10-11-20(27)18(15-19)12-14-28-23(17-7-4-3-5-8-17)22-16-30-21-9-6-13-29-24(21)31-22/h3-11,13,15,22-23,28,30H,12,14,16H2,1-2H3,(H,29,31)(H,32,33)/t22-,23-/m1/s1. The number of rotatable bonds is 8. The molecule has 0 unspecified atom stereocenters. The quantitative estimate of drug-likeness (QED) is 0.410. The number of halogens is 1. The molecule has 2 atom stereocenters. The van der Waals surface area contributed by atoms with E-state index in [1.165, 1.54) is 6.07 Å². The average molecular weight is 449 g/mol. The number of pyridine rings is 1. The van der Waals surface area contributed by atoms with E-state index in [4.69, 9.17) is 0 Å². The lowest BCUT2D eigenvalue weighted by Crippen LogP contribution is -2.44. The number of hydrogen-bond donors (Lipinski definition) is 4. The van der Waals surface area contributed by atoms with Crippen LogP contribution in [0.3, 0.4) is 0 Å². The van der Waals surface area contributed by atoms with Crippen LogP contribution in [-0.2, 0) is 16.6 Å². The van der Waals surface area contributed by atoms with Crippen molar-refractivity contribution >= 4 is 17.5 Å². The molecule has 4 rings (SSSR count). The van der Waals surface area contributed by atoms with Crippen molar-refractivity contribution in [3.8, 4) is 0 Å². The van der Waals surface area contributed by atoms with E-state index in [0.717, 1.165) is 17.1 Å². The topological polar surface area (TPSA) is 86.3 Å². The molecule has 7 heteroatoms. The second-order valence-electron chi connectivity index (χ2n) is 8.86. The van der Waals surface area contributed by atoms with E-state index in [2.05, 4.69) is 33.1 Å². The van der Waals surface area contributed by atoms with Gasteiger partial charge in [0.25, 0.3) is 0 Å². The number of aliphatic carboxylic acids is 1. The van der Waals surface area contributed by atoms with E-state index in [0.29, 0.717) is 30.6 Å². The molecule has 0 bridgehead atoms. The van der Waals surface area contributed by atoms with Gasteiger partial charge in [-0.05, 0) is 61.7 Å². The van der Waals surface area contributed by atoms with E-state index in [1.807, 2.05) is 30.3 Å². The van der Waals surface area contributed by atoms with Crippen LogP contribution < -0.4 is 16.0 Å². The number of benzene rings is 2. The lowest BCUT2D eigenvalue weighted by atomic mass is 9.83. The molecule has 4 N–H and O–H groups in total. The van der Waals surface area contributed by atoms with Gasteiger partial charge in [-0.3, -0.25) is 4.79 Å². The summed E-state index contributed by atoms with van der Waals surface area (Å²) in [6.45, 7) is 4.50. The molecule has 1 aliphatic rings. The molecular weight excluding hydrogens is 419 g/mol. The van der Waals surface area contributed by atoms with Gasteiger partial charge in [-0.15, -0.1) is 0 Å². The molecule has 0 saturated carbocycles. The second-order valence-corrected chi connectivity index (χ2v) is 8.86. The summed E-state index contributed by atoms with van der Waals surface area (Å²) in [5, 5.41) is 20.1. The van der Waals surface area contributed by atoms with Crippen LogP contribution in [0.15, 0.2) is 66.9 Å². The summed E-state index contributed by atoms with van der Waals surface area (Å²) in [5.41, 5.74) is 2.10. The Morgan fingerprint density at radius 1 is 1.21 bits per heavy atom. The van der Waals surface area contributed by atoms with Crippen molar-refractivity contribution in [2.45, 2.75) is 37.8 Å². The number of fused-ring (bicyclic) bond motifs is 1. The summed E-state index contributed by atoms with van der Waals surface area (Å²) in [4.78, 5) is 16.0. The maximum absolute atomic E-state index is 14.5. The molecule has 2 heterocycles. The highest BCUT2D eigenvalue weighted by molar-refractivity contribution is 5.80. The zero-order valence-corrected chi connectivity index (χ0v) is 18.8. The van der Waals surface area contributed by atoms with Gasteiger partial charge in [0.2, 0.25) is 0 Å². The smallest absolute Gasteiger partial charge is 0.313 e. The molecule has 0 saturated heterocycles. The molecule has 0 amide bonds. The van der Waals surface area contributed by atoms with Crippen LogP contribution in [-0.4, -0.2) is 35.2 Å². The monoisotopic (exact) mass is 448 g/mol. The highest BCUT2D eigenvalue weighted by Crippen LogP contribution is 2.29. The number of aromatic nitrogens is 1. The minimum absolute atomic E-state index is 0.0319. The molecule has 1 aliphatic heterocycles. The Bertz CT molecular complexity index is 1120. The van der Waals surface area contributed by atoms with Gasteiger partial charge >= 0.3 is 5.97 Å². The summed E-state index contributed by atoms with van der Waals surface area (Å²) >= 11 is 0. The molecule has 3 aromatic rings. The molecular formula is C26H29FN4O2. The van der Waals surface area contributed by atoms with Crippen LogP contribution in [0.1, 0.15) is 36.6 Å². The first-order chi connectivity index (χ1) is 15.9. The van der Waals surface area contributed by atoms with E-state index in [1.54, 1.807) is 32.2 Å². The third-order valence-corrected chi connectivity index (χ3v) is 6.26. The molecule has 172 valence electrons. The van der Waals surface area contributed by atoms with Crippen molar-refractivity contribution in [3.63, 3.8) is 0 Å². The summed E-state index contributed by atoms with van der Waals surface area (Å²) in [7, 11) is 0. The van der Waals surface area contributed by atoms with Crippen molar-refractivity contribution in [1.29, 1.82) is 0 Å². The van der Waals surface area contributed by atoms with Crippen LogP contribution in [0.25, 0.3) is 0 Å². The Morgan fingerprint density at radius 2 is 2.00 bits per heavy atom. The van der Waals surface area contributed by atoms with Gasteiger partial charge in [-0.25, -0.2) is 9.37 Å². The largest absolute Gasteiger partial charge is 0.481 e. The molecule has 6 nitrogen and oxygen atoms in total. The molecule has 33 heavy (non-hydrogen) atoms. The molecule has 1 aromatic heterocycles. The van der Waals surface area contributed by atoms with Crippen LogP contribution in [0, 0.1) is 5.82 Å². The van der Waals surface area contributed by atoms with Crippen molar-refractivity contribution in [2.24, 2.45) is 0 Å². The van der Waals surface area contributed by atoms with Gasteiger partial charge < -0.3 is 21.1 Å². The second kappa shape index (κ2) is 9.58. The van der Waals surface area contributed by atoms with Crippen LogP contribution in [0.4, 0.5) is 15.9 Å². The number of nitrogens with zero attached hydrogens (tertiary/aromatic N) is 1. The summed E-state index contributed by atoms with van der Waals surface area (Å²) in [5.74, 6) is -0.452. The number of carbonyl (C=O) groups is 1. The van der Waals surface area contributed by atoms with Crippen LogP contribution in [0.5, 0.6) is 0 Å². The zero-order chi connectivity index (χ0) is 23.4. The van der Waals surface area contributed by atoms with Gasteiger partial charge in [-0.1, -0.05) is 42.5 Å². The molecule has 0 aliphatic carbocycles. The van der Waals surface area contributed by atoms with Crippen molar-refractivity contribution < 1.29 is 14.3 Å². The number of nitrogens with one attached hydrogen (secondary N) is 3. The lowest BCUT2D eigenvalue weighted by Gasteiger charge is -2.34. The molecule has 0 spiro atoms. The predicted octanol–water partition coefficient (Wildman–Crippen LogP) is 4.36. The number of anilines is 2. The van der Waals surface area contributed by atoms with Crippen LogP contribution in [0.2, 0.25) is 0 Å². The molecule has 0 radical (unpaired) electrons. The first-order valence-electron chi connectivity index (χ1n) is 11.1. The van der Waals surface area contributed by atoms with E-state index in [-0.39, 0.29) is 17.9 Å². The predicted molar refractivity (Wildman–Crippen MR) is 128 cm³/mol. The number of hydrogen-bond acceptors (Lipinski definition) is 5. The number of carboxylic acid groups (broad SMARTS) is 1. The third kappa shape index (κ3) is 4.98. The minimum atomic E-state index is -1.08.